The van der Waals surface area contributed by atoms with Gasteiger partial charge in [-0.25, -0.2) is 14.8 Å². The lowest BCUT2D eigenvalue weighted by Gasteiger charge is -2.33. The lowest BCUT2D eigenvalue weighted by Crippen LogP contribution is -2.47. The number of piperidine rings is 1. The number of hydrogen-bond acceptors (Lipinski definition) is 5. The molecule has 3 rings (SSSR count). The van der Waals surface area contributed by atoms with Crippen LogP contribution in [0.1, 0.15) is 18.5 Å². The highest BCUT2D eigenvalue weighted by molar-refractivity contribution is 5.99. The van der Waals surface area contributed by atoms with Crippen LogP contribution in [-0.4, -0.2) is 50.6 Å². The van der Waals surface area contributed by atoms with Gasteiger partial charge in [-0.15, -0.1) is 0 Å². The number of nitrogens with zero attached hydrogens (tertiary/aromatic N) is 4. The Kier molecular flexibility index (Phi) is 4.55. The summed E-state index contributed by atoms with van der Waals surface area (Å²) >= 11 is 0. The molecule has 9 heteroatoms. The number of amides is 2. The van der Waals surface area contributed by atoms with Crippen molar-refractivity contribution in [3.8, 4) is 0 Å². The van der Waals surface area contributed by atoms with Crippen molar-refractivity contribution in [1.29, 1.82) is 0 Å². The van der Waals surface area contributed by atoms with E-state index in [1.165, 1.54) is 6.08 Å². The van der Waals surface area contributed by atoms with Crippen LogP contribution < -0.4 is 15.5 Å². The van der Waals surface area contributed by atoms with Crippen LogP contribution in [0.2, 0.25) is 0 Å². The lowest BCUT2D eigenvalue weighted by molar-refractivity contribution is -0.111. The van der Waals surface area contributed by atoms with Crippen molar-refractivity contribution < 1.29 is 14.7 Å². The Morgan fingerprint density at radius 1 is 1.48 bits per heavy atom. The number of carbonyl (C=O) groups excluding carboxylic acids is 1. The number of anilines is 2. The van der Waals surface area contributed by atoms with Crippen molar-refractivity contribution in [1.82, 2.24) is 19.7 Å². The molecule has 132 valence electrons. The van der Waals surface area contributed by atoms with Crippen LogP contribution in [0.4, 0.5) is 16.4 Å². The Hall–Kier alpha value is -3.10. The minimum atomic E-state index is -1.02. The largest absolute Gasteiger partial charge is 0.465 e. The summed E-state index contributed by atoms with van der Waals surface area (Å²) in [5, 5.41) is 14.2. The number of carboxylic acid groups (broad SMARTS) is 1. The third kappa shape index (κ3) is 3.39. The molecular formula is C16H20N6O3. The summed E-state index contributed by atoms with van der Waals surface area (Å²) in [5.41, 5.74) is 1.29. The molecule has 25 heavy (non-hydrogen) atoms. The quantitative estimate of drug-likeness (QED) is 0.723. The van der Waals surface area contributed by atoms with Crippen molar-refractivity contribution in [3.63, 3.8) is 0 Å². The molecule has 2 aromatic rings. The summed E-state index contributed by atoms with van der Waals surface area (Å²) in [6.07, 6.45) is 5.20. The fraction of sp³-hybridized carbons (Fsp3) is 0.375. The van der Waals surface area contributed by atoms with Gasteiger partial charge in [0.15, 0.2) is 11.5 Å². The number of imidazole rings is 1. The molecule has 1 fully saturated rings. The maximum atomic E-state index is 11.6. The highest BCUT2D eigenvalue weighted by Crippen LogP contribution is 2.26. The van der Waals surface area contributed by atoms with Crippen molar-refractivity contribution in [3.05, 3.63) is 30.7 Å². The molecule has 0 bridgehead atoms. The minimum absolute atomic E-state index is 0.149. The minimum Gasteiger partial charge on any atom is -0.465 e. The van der Waals surface area contributed by atoms with Crippen molar-refractivity contribution >= 4 is 29.3 Å². The van der Waals surface area contributed by atoms with Crippen molar-refractivity contribution in [2.45, 2.75) is 25.8 Å². The number of aromatic nitrogens is 3. The SMILES string of the molecule is C=CC(=O)Nc1c(C)nc2c(N3CCCC(NC(=O)O)C3)nccn12. The van der Waals surface area contributed by atoms with Gasteiger partial charge in [0.05, 0.1) is 5.69 Å². The van der Waals surface area contributed by atoms with E-state index in [9.17, 15) is 9.59 Å². The summed E-state index contributed by atoms with van der Waals surface area (Å²) < 4.78 is 1.77. The van der Waals surface area contributed by atoms with Crippen LogP contribution in [-0.2, 0) is 4.79 Å². The molecule has 2 amide bonds. The van der Waals surface area contributed by atoms with Gasteiger partial charge in [0.2, 0.25) is 5.91 Å². The molecule has 1 aliphatic rings. The third-order valence-corrected chi connectivity index (χ3v) is 4.17. The highest BCUT2D eigenvalue weighted by Gasteiger charge is 2.25. The maximum absolute atomic E-state index is 11.6. The molecule has 0 aromatic carbocycles. The molecule has 1 atom stereocenters. The first-order valence-corrected chi connectivity index (χ1v) is 8.01. The first-order valence-electron chi connectivity index (χ1n) is 8.01. The number of carbonyl (C=O) groups is 2. The summed E-state index contributed by atoms with van der Waals surface area (Å²) in [4.78, 5) is 33.5. The van der Waals surface area contributed by atoms with Gasteiger partial charge in [0.1, 0.15) is 5.82 Å². The number of nitrogens with one attached hydrogen (secondary N) is 2. The zero-order valence-electron chi connectivity index (χ0n) is 13.9. The number of rotatable bonds is 4. The lowest BCUT2D eigenvalue weighted by atomic mass is 10.1. The van der Waals surface area contributed by atoms with Crippen LogP contribution in [0.25, 0.3) is 5.65 Å². The Bertz CT molecular complexity index is 831. The second-order valence-electron chi connectivity index (χ2n) is 5.92. The van der Waals surface area contributed by atoms with Crippen molar-refractivity contribution in [2.24, 2.45) is 0 Å². The predicted octanol–water partition coefficient (Wildman–Crippen LogP) is 1.40. The number of aryl methyl sites for hydroxylation is 1. The van der Waals surface area contributed by atoms with Crippen LogP contribution in [0.3, 0.4) is 0 Å². The van der Waals surface area contributed by atoms with Gasteiger partial charge < -0.3 is 20.6 Å². The summed E-state index contributed by atoms with van der Waals surface area (Å²) in [6, 6.07) is -0.149. The molecule has 0 saturated carbocycles. The first-order chi connectivity index (χ1) is 12.0. The number of fused-ring (bicyclic) bond motifs is 1. The second kappa shape index (κ2) is 6.80. The molecule has 0 radical (unpaired) electrons. The third-order valence-electron chi connectivity index (χ3n) is 4.17. The predicted molar refractivity (Wildman–Crippen MR) is 92.9 cm³/mol. The molecule has 3 N–H and O–H groups in total. The average molecular weight is 344 g/mol. The fourth-order valence-electron chi connectivity index (χ4n) is 3.08. The zero-order valence-corrected chi connectivity index (χ0v) is 13.9. The van der Waals surface area contributed by atoms with Crippen LogP contribution in [0.5, 0.6) is 0 Å². The van der Waals surface area contributed by atoms with E-state index in [1.807, 2.05) is 4.90 Å². The molecule has 1 aliphatic heterocycles. The summed E-state index contributed by atoms with van der Waals surface area (Å²) in [6.45, 7) is 6.56. The van der Waals surface area contributed by atoms with E-state index >= 15 is 0 Å². The molecular weight excluding hydrogens is 324 g/mol. The van der Waals surface area contributed by atoms with E-state index in [1.54, 1.807) is 23.7 Å². The molecule has 2 aromatic heterocycles. The van der Waals surface area contributed by atoms with Gasteiger partial charge in [-0.2, -0.15) is 0 Å². The van der Waals surface area contributed by atoms with E-state index in [4.69, 9.17) is 5.11 Å². The smallest absolute Gasteiger partial charge is 0.404 e. The van der Waals surface area contributed by atoms with Gasteiger partial charge in [-0.3, -0.25) is 9.20 Å². The monoisotopic (exact) mass is 344 g/mol. The zero-order chi connectivity index (χ0) is 18.0. The highest BCUT2D eigenvalue weighted by atomic mass is 16.4. The van der Waals surface area contributed by atoms with Gasteiger partial charge in [-0.05, 0) is 25.8 Å². The standard InChI is InChI=1S/C16H20N6O3/c1-3-12(23)20-13-10(2)18-15-14(17-6-8-22(13)15)21-7-4-5-11(9-21)19-16(24)25/h3,6,8,11,19H,1,4-5,7,9H2,2H3,(H,20,23)(H,24,25). The molecule has 1 saturated heterocycles. The molecule has 1 unspecified atom stereocenters. The van der Waals surface area contributed by atoms with Crippen LogP contribution in [0.15, 0.2) is 25.0 Å². The van der Waals surface area contributed by atoms with E-state index in [2.05, 4.69) is 27.2 Å². The Morgan fingerprint density at radius 2 is 2.28 bits per heavy atom. The Labute approximate surface area is 144 Å². The fourth-order valence-corrected chi connectivity index (χ4v) is 3.08. The molecule has 0 spiro atoms. The van der Waals surface area contributed by atoms with Gasteiger partial charge in [0.25, 0.3) is 0 Å². The van der Waals surface area contributed by atoms with Gasteiger partial charge >= 0.3 is 6.09 Å². The Balaban J connectivity index is 1.94. The van der Waals surface area contributed by atoms with Crippen molar-refractivity contribution in [2.75, 3.05) is 23.3 Å². The van der Waals surface area contributed by atoms with E-state index in [0.717, 1.165) is 19.4 Å². The normalized spacial score (nSPS) is 17.3. The molecule has 3 heterocycles. The average Bonchev–Trinajstić information content (AvgIpc) is 2.90. The van der Waals surface area contributed by atoms with Gasteiger partial charge in [0, 0.05) is 31.5 Å². The second-order valence-corrected chi connectivity index (χ2v) is 5.92. The summed E-state index contributed by atoms with van der Waals surface area (Å²) in [5.74, 6) is 0.925. The van der Waals surface area contributed by atoms with Crippen LogP contribution in [0, 0.1) is 6.92 Å². The topological polar surface area (TPSA) is 112 Å². The summed E-state index contributed by atoms with van der Waals surface area (Å²) in [7, 11) is 0. The number of hydrogen-bond donors (Lipinski definition) is 3. The van der Waals surface area contributed by atoms with E-state index in [-0.39, 0.29) is 11.9 Å². The molecule has 0 aliphatic carbocycles. The Morgan fingerprint density at radius 3 is 3.00 bits per heavy atom. The van der Waals surface area contributed by atoms with Crippen LogP contribution >= 0.6 is 0 Å². The molecule has 9 nitrogen and oxygen atoms in total. The maximum Gasteiger partial charge on any atom is 0.404 e. The van der Waals surface area contributed by atoms with E-state index in [0.29, 0.717) is 29.5 Å². The van der Waals surface area contributed by atoms with E-state index < -0.39 is 6.09 Å². The van der Waals surface area contributed by atoms with Gasteiger partial charge in [-0.1, -0.05) is 6.58 Å². The first kappa shape index (κ1) is 16.7.